The molecule has 0 saturated carbocycles. The fourth-order valence-electron chi connectivity index (χ4n) is 1.59. The summed E-state index contributed by atoms with van der Waals surface area (Å²) < 4.78 is 19.0. The molecule has 0 bridgehead atoms. The smallest absolute Gasteiger partial charge is 0.317 e. The number of hydrogen-bond acceptors (Lipinski definition) is 3. The molecule has 0 heterocycles. The third-order valence-electron chi connectivity index (χ3n) is 2.22. The summed E-state index contributed by atoms with van der Waals surface area (Å²) in [5.74, 6) is -1.11. The monoisotopic (exact) mass is 255 g/mol. The van der Waals surface area contributed by atoms with E-state index in [2.05, 4.69) is 0 Å². The highest BCUT2D eigenvalue weighted by Gasteiger charge is 2.09. The summed E-state index contributed by atoms with van der Waals surface area (Å²) in [5, 5.41) is 8.62. The van der Waals surface area contributed by atoms with Crippen molar-refractivity contribution in [3.8, 4) is 5.75 Å². The van der Waals surface area contributed by atoms with Crippen molar-refractivity contribution >= 4 is 5.97 Å². The van der Waals surface area contributed by atoms with Gasteiger partial charge in [0.1, 0.15) is 0 Å². The van der Waals surface area contributed by atoms with Crippen LogP contribution in [0.4, 0.5) is 4.39 Å². The van der Waals surface area contributed by atoms with Crippen LogP contribution in [0.25, 0.3) is 0 Å². The Bertz CT molecular complexity index is 421. The van der Waals surface area contributed by atoms with Gasteiger partial charge in [-0.1, -0.05) is 6.07 Å². The molecule has 0 aliphatic heterocycles. The Morgan fingerprint density at radius 3 is 2.67 bits per heavy atom. The van der Waals surface area contributed by atoms with E-state index >= 15 is 0 Å². The molecule has 1 N–H and O–H groups in total. The third kappa shape index (κ3) is 4.71. The Kier molecular flexibility index (Phi) is 5.09. The molecule has 1 rings (SSSR count). The van der Waals surface area contributed by atoms with E-state index < -0.39 is 11.8 Å². The van der Waals surface area contributed by atoms with E-state index in [0.717, 1.165) is 0 Å². The van der Waals surface area contributed by atoms with Gasteiger partial charge >= 0.3 is 5.97 Å². The molecule has 0 fully saturated rings. The lowest BCUT2D eigenvalue weighted by Gasteiger charge is -2.15. The second kappa shape index (κ2) is 6.35. The molecular formula is C13H18FNO3. The van der Waals surface area contributed by atoms with Crippen LogP contribution >= 0.6 is 0 Å². The maximum atomic E-state index is 13.7. The quantitative estimate of drug-likeness (QED) is 0.846. The number of benzene rings is 1. The molecule has 0 amide bonds. The first-order chi connectivity index (χ1) is 8.38. The number of carboxylic acid groups (broad SMARTS) is 1. The minimum atomic E-state index is -0.905. The predicted octanol–water partition coefficient (Wildman–Crippen LogP) is 2.13. The van der Waals surface area contributed by atoms with Crippen molar-refractivity contribution in [1.82, 2.24) is 4.90 Å². The molecule has 0 spiro atoms. The number of carboxylic acids is 1. The highest BCUT2D eigenvalue weighted by Crippen LogP contribution is 2.20. The lowest BCUT2D eigenvalue weighted by atomic mass is 10.2. The van der Waals surface area contributed by atoms with Crippen LogP contribution in [0.3, 0.4) is 0 Å². The average Bonchev–Trinajstić information content (AvgIpc) is 2.20. The van der Waals surface area contributed by atoms with Crippen LogP contribution < -0.4 is 4.74 Å². The zero-order valence-electron chi connectivity index (χ0n) is 10.8. The van der Waals surface area contributed by atoms with E-state index in [1.807, 2.05) is 13.8 Å². The van der Waals surface area contributed by atoms with Gasteiger partial charge in [0.15, 0.2) is 11.6 Å². The highest BCUT2D eigenvalue weighted by atomic mass is 19.1. The summed E-state index contributed by atoms with van der Waals surface area (Å²) in [5.41, 5.74) is 0.715. The Morgan fingerprint density at radius 1 is 1.50 bits per heavy atom. The van der Waals surface area contributed by atoms with Gasteiger partial charge in [0, 0.05) is 6.54 Å². The van der Waals surface area contributed by atoms with E-state index in [4.69, 9.17) is 9.84 Å². The van der Waals surface area contributed by atoms with Gasteiger partial charge in [-0.05, 0) is 38.6 Å². The molecule has 0 aliphatic rings. The molecule has 0 radical (unpaired) electrons. The van der Waals surface area contributed by atoms with E-state index in [1.54, 1.807) is 24.1 Å². The Morgan fingerprint density at radius 2 is 2.17 bits per heavy atom. The lowest BCUT2D eigenvalue weighted by molar-refractivity contribution is -0.138. The van der Waals surface area contributed by atoms with Gasteiger partial charge in [0.2, 0.25) is 0 Å². The Labute approximate surface area is 106 Å². The fourth-order valence-corrected chi connectivity index (χ4v) is 1.59. The second-order valence-corrected chi connectivity index (χ2v) is 4.50. The first-order valence-corrected chi connectivity index (χ1v) is 5.74. The van der Waals surface area contributed by atoms with Gasteiger partial charge in [-0.15, -0.1) is 0 Å². The second-order valence-electron chi connectivity index (χ2n) is 4.50. The van der Waals surface area contributed by atoms with Crippen LogP contribution in [-0.4, -0.2) is 35.7 Å². The maximum Gasteiger partial charge on any atom is 0.317 e. The molecule has 100 valence electrons. The molecule has 0 aliphatic carbocycles. The van der Waals surface area contributed by atoms with Crippen molar-refractivity contribution in [3.63, 3.8) is 0 Å². The maximum absolute atomic E-state index is 13.7. The van der Waals surface area contributed by atoms with E-state index in [0.29, 0.717) is 12.1 Å². The van der Waals surface area contributed by atoms with E-state index in [-0.39, 0.29) is 18.4 Å². The summed E-state index contributed by atoms with van der Waals surface area (Å²) in [4.78, 5) is 12.1. The van der Waals surface area contributed by atoms with Crippen molar-refractivity contribution < 1.29 is 19.0 Å². The molecule has 0 saturated heterocycles. The van der Waals surface area contributed by atoms with Crippen LogP contribution in [0.1, 0.15) is 19.4 Å². The van der Waals surface area contributed by atoms with Gasteiger partial charge in [-0.3, -0.25) is 9.69 Å². The number of carbonyl (C=O) groups is 1. The van der Waals surface area contributed by atoms with Gasteiger partial charge in [-0.2, -0.15) is 0 Å². The van der Waals surface area contributed by atoms with Gasteiger partial charge in [0.25, 0.3) is 0 Å². The Balaban J connectivity index is 2.69. The lowest BCUT2D eigenvalue weighted by Crippen LogP contribution is -2.25. The minimum absolute atomic E-state index is 0.0775. The minimum Gasteiger partial charge on any atom is -0.488 e. The first-order valence-electron chi connectivity index (χ1n) is 5.74. The molecular weight excluding hydrogens is 237 g/mol. The number of aliphatic carboxylic acids is 1. The standard InChI is InChI=1S/C13H18FNO3/c1-9(2)18-12-5-4-10(6-11(12)14)7-15(3)8-13(16)17/h4-6,9H,7-8H2,1-3H3,(H,16,17). The fraction of sp³-hybridized carbons (Fsp3) is 0.462. The zero-order chi connectivity index (χ0) is 13.7. The van der Waals surface area contributed by atoms with Crippen LogP contribution in [0.2, 0.25) is 0 Å². The number of halogens is 1. The van der Waals surface area contributed by atoms with Gasteiger partial charge < -0.3 is 9.84 Å². The number of hydrogen-bond donors (Lipinski definition) is 1. The molecule has 1 aromatic rings. The molecule has 5 heteroatoms. The Hall–Kier alpha value is -1.62. The predicted molar refractivity (Wildman–Crippen MR) is 66.1 cm³/mol. The van der Waals surface area contributed by atoms with Crippen molar-refractivity contribution in [3.05, 3.63) is 29.6 Å². The number of nitrogens with zero attached hydrogens (tertiary/aromatic N) is 1. The molecule has 0 aromatic heterocycles. The number of rotatable bonds is 6. The molecule has 1 aromatic carbocycles. The van der Waals surface area contributed by atoms with E-state index in [9.17, 15) is 9.18 Å². The normalized spacial score (nSPS) is 11.0. The van der Waals surface area contributed by atoms with E-state index in [1.165, 1.54) is 6.07 Å². The average molecular weight is 255 g/mol. The molecule has 18 heavy (non-hydrogen) atoms. The third-order valence-corrected chi connectivity index (χ3v) is 2.22. The van der Waals surface area contributed by atoms with Crippen molar-refractivity contribution in [2.75, 3.05) is 13.6 Å². The van der Waals surface area contributed by atoms with Crippen LogP contribution in [0.15, 0.2) is 18.2 Å². The summed E-state index contributed by atoms with van der Waals surface area (Å²) in [6.45, 7) is 3.96. The molecule has 4 nitrogen and oxygen atoms in total. The van der Waals surface area contributed by atoms with Crippen LogP contribution in [0.5, 0.6) is 5.75 Å². The van der Waals surface area contributed by atoms with Crippen LogP contribution in [0, 0.1) is 5.82 Å². The van der Waals surface area contributed by atoms with Crippen molar-refractivity contribution in [2.24, 2.45) is 0 Å². The summed E-state index contributed by atoms with van der Waals surface area (Å²) in [6.07, 6.45) is -0.0833. The van der Waals surface area contributed by atoms with Crippen molar-refractivity contribution in [1.29, 1.82) is 0 Å². The van der Waals surface area contributed by atoms with Crippen LogP contribution in [-0.2, 0) is 11.3 Å². The SMILES string of the molecule is CC(C)Oc1ccc(CN(C)CC(=O)O)cc1F. The summed E-state index contributed by atoms with van der Waals surface area (Å²) in [6, 6.07) is 4.68. The summed E-state index contributed by atoms with van der Waals surface area (Å²) >= 11 is 0. The van der Waals surface area contributed by atoms with Gasteiger partial charge in [-0.25, -0.2) is 4.39 Å². The zero-order valence-corrected chi connectivity index (χ0v) is 10.8. The topological polar surface area (TPSA) is 49.8 Å². The van der Waals surface area contributed by atoms with Gasteiger partial charge in [0.05, 0.1) is 12.6 Å². The highest BCUT2D eigenvalue weighted by molar-refractivity contribution is 5.69. The number of ether oxygens (including phenoxy) is 1. The molecule has 0 unspecified atom stereocenters. The number of likely N-dealkylation sites (N-methyl/N-ethyl adjacent to an activating group) is 1. The summed E-state index contributed by atoms with van der Waals surface area (Å²) in [7, 11) is 1.67. The molecule has 0 atom stereocenters. The van der Waals surface area contributed by atoms with Crippen molar-refractivity contribution in [2.45, 2.75) is 26.5 Å². The largest absolute Gasteiger partial charge is 0.488 e. The first kappa shape index (κ1) is 14.4.